The summed E-state index contributed by atoms with van der Waals surface area (Å²) in [5, 5.41) is 8.74. The van der Waals surface area contributed by atoms with Gasteiger partial charge in [0.15, 0.2) is 5.76 Å². The largest absolute Gasteiger partial charge is 0.365 e. The second kappa shape index (κ2) is 7.21. The van der Waals surface area contributed by atoms with Crippen LogP contribution >= 0.6 is 11.3 Å². The van der Waals surface area contributed by atoms with Gasteiger partial charge in [-0.1, -0.05) is 18.1 Å². The van der Waals surface area contributed by atoms with Crippen molar-refractivity contribution in [3.63, 3.8) is 0 Å². The second-order valence-corrected chi connectivity index (χ2v) is 5.48. The third kappa shape index (κ3) is 4.18. The topological polar surface area (TPSA) is 64.4 Å². The van der Waals surface area contributed by atoms with Crippen LogP contribution in [0, 0.1) is 0 Å². The van der Waals surface area contributed by atoms with Crippen LogP contribution in [0.3, 0.4) is 0 Å². The van der Waals surface area contributed by atoms with Crippen LogP contribution in [0.15, 0.2) is 28.1 Å². The molecule has 1 N–H and O–H groups in total. The molecule has 1 unspecified atom stereocenters. The highest BCUT2D eigenvalue weighted by molar-refractivity contribution is 7.13. The highest BCUT2D eigenvalue weighted by Gasteiger charge is 2.09. The fourth-order valence-electron chi connectivity index (χ4n) is 1.58. The zero-order chi connectivity index (χ0) is 14.4. The van der Waals surface area contributed by atoms with Gasteiger partial charge in [0.2, 0.25) is 5.91 Å². The molecule has 6 heteroatoms. The number of ether oxygens (including phenoxy) is 1. The predicted octanol–water partition coefficient (Wildman–Crippen LogP) is 2.83. The first-order chi connectivity index (χ1) is 9.69. The molecular formula is C14H18N2O3S. The van der Waals surface area contributed by atoms with E-state index in [0.717, 1.165) is 17.1 Å². The molecule has 2 heterocycles. The van der Waals surface area contributed by atoms with E-state index in [1.165, 1.54) is 0 Å². The number of hydrogen-bond acceptors (Lipinski definition) is 5. The molecule has 5 nitrogen and oxygen atoms in total. The van der Waals surface area contributed by atoms with Gasteiger partial charge in [-0.05, 0) is 24.8 Å². The van der Waals surface area contributed by atoms with Crippen LogP contribution in [0.1, 0.15) is 26.0 Å². The Kier molecular flexibility index (Phi) is 5.31. The summed E-state index contributed by atoms with van der Waals surface area (Å²) in [7, 11) is 0. The van der Waals surface area contributed by atoms with Crippen molar-refractivity contribution in [1.82, 2.24) is 10.5 Å². The van der Waals surface area contributed by atoms with Crippen molar-refractivity contribution in [1.29, 1.82) is 0 Å². The minimum atomic E-state index is -0.110. The van der Waals surface area contributed by atoms with Gasteiger partial charge in [-0.2, -0.15) is 0 Å². The van der Waals surface area contributed by atoms with Crippen molar-refractivity contribution < 1.29 is 14.1 Å². The van der Waals surface area contributed by atoms with Crippen molar-refractivity contribution in [3.05, 3.63) is 29.3 Å². The number of aromatic nitrogens is 1. The lowest BCUT2D eigenvalue weighted by Gasteiger charge is -2.10. The normalized spacial score (nSPS) is 12.3. The summed E-state index contributed by atoms with van der Waals surface area (Å²) < 4.78 is 10.6. The Hall–Kier alpha value is -1.66. The summed E-state index contributed by atoms with van der Waals surface area (Å²) in [4.78, 5) is 12.5. The molecule has 0 spiro atoms. The monoisotopic (exact) mass is 294 g/mol. The van der Waals surface area contributed by atoms with E-state index in [4.69, 9.17) is 9.26 Å². The van der Waals surface area contributed by atoms with E-state index in [1.54, 1.807) is 11.3 Å². The van der Waals surface area contributed by atoms with Gasteiger partial charge in [-0.3, -0.25) is 4.79 Å². The first kappa shape index (κ1) is 14.7. The fourth-order valence-corrected chi connectivity index (χ4v) is 2.25. The van der Waals surface area contributed by atoms with Crippen molar-refractivity contribution in [3.8, 4) is 10.6 Å². The molecule has 0 saturated carbocycles. The average Bonchev–Trinajstić information content (AvgIpc) is 3.08. The van der Waals surface area contributed by atoms with Gasteiger partial charge in [-0.15, -0.1) is 11.3 Å². The first-order valence-corrected chi connectivity index (χ1v) is 7.43. The minimum absolute atomic E-state index is 0.0333. The van der Waals surface area contributed by atoms with E-state index in [2.05, 4.69) is 10.5 Å². The van der Waals surface area contributed by atoms with Crippen molar-refractivity contribution in [2.75, 3.05) is 6.61 Å². The maximum Gasteiger partial charge on any atom is 0.246 e. The molecule has 0 fully saturated rings. The summed E-state index contributed by atoms with van der Waals surface area (Å²) in [5.41, 5.74) is 0.685. The molecule has 2 aromatic rings. The Morgan fingerprint density at radius 1 is 1.60 bits per heavy atom. The molecule has 0 aromatic carbocycles. The van der Waals surface area contributed by atoms with E-state index in [1.807, 2.05) is 37.4 Å². The quantitative estimate of drug-likeness (QED) is 0.853. The van der Waals surface area contributed by atoms with E-state index in [9.17, 15) is 4.79 Å². The Bertz CT molecular complexity index is 536. The fraction of sp³-hybridized carbons (Fsp3) is 0.429. The van der Waals surface area contributed by atoms with Crippen LogP contribution in [0.25, 0.3) is 10.6 Å². The molecule has 0 bridgehead atoms. The maximum atomic E-state index is 11.5. The zero-order valence-electron chi connectivity index (χ0n) is 11.6. The van der Waals surface area contributed by atoms with E-state index < -0.39 is 0 Å². The molecular weight excluding hydrogens is 276 g/mol. The van der Waals surface area contributed by atoms with Crippen LogP contribution in [0.2, 0.25) is 0 Å². The van der Waals surface area contributed by atoms with Gasteiger partial charge in [-0.25, -0.2) is 0 Å². The smallest absolute Gasteiger partial charge is 0.246 e. The summed E-state index contributed by atoms with van der Waals surface area (Å²) in [6.45, 7) is 4.28. The van der Waals surface area contributed by atoms with Crippen molar-refractivity contribution in [2.24, 2.45) is 0 Å². The number of thiophene rings is 1. The summed E-state index contributed by atoms with van der Waals surface area (Å²) >= 11 is 1.59. The van der Waals surface area contributed by atoms with Crippen LogP contribution in [0.4, 0.5) is 0 Å². The molecule has 0 aliphatic rings. The Labute approximate surface area is 121 Å². The summed E-state index contributed by atoms with van der Waals surface area (Å²) in [6.07, 6.45) is 0.902. The third-order valence-electron chi connectivity index (χ3n) is 2.83. The number of hydrogen-bond donors (Lipinski definition) is 1. The lowest BCUT2D eigenvalue weighted by Crippen LogP contribution is -2.34. The van der Waals surface area contributed by atoms with Crippen molar-refractivity contribution in [2.45, 2.75) is 32.9 Å². The lowest BCUT2D eigenvalue weighted by atomic mass is 10.2. The Morgan fingerprint density at radius 2 is 2.45 bits per heavy atom. The number of amides is 1. The molecule has 2 aromatic heterocycles. The average molecular weight is 294 g/mol. The molecule has 0 radical (unpaired) electrons. The van der Waals surface area contributed by atoms with Crippen molar-refractivity contribution >= 4 is 17.2 Å². The summed E-state index contributed by atoms with van der Waals surface area (Å²) in [5.74, 6) is 0.615. The van der Waals surface area contributed by atoms with Gasteiger partial charge in [0, 0.05) is 12.1 Å². The van der Waals surface area contributed by atoms with Gasteiger partial charge in [0.05, 0.1) is 11.5 Å². The Morgan fingerprint density at radius 3 is 3.15 bits per heavy atom. The molecule has 2 rings (SSSR count). The number of carbonyl (C=O) groups excluding carboxylic acids is 1. The number of nitrogens with one attached hydrogen (secondary N) is 1. The first-order valence-electron chi connectivity index (χ1n) is 6.55. The maximum absolute atomic E-state index is 11.5. The van der Waals surface area contributed by atoms with E-state index >= 15 is 0 Å². The van der Waals surface area contributed by atoms with Crippen LogP contribution < -0.4 is 5.32 Å². The van der Waals surface area contributed by atoms with Gasteiger partial charge in [0.25, 0.3) is 0 Å². The molecule has 0 saturated heterocycles. The third-order valence-corrected chi connectivity index (χ3v) is 3.71. The van der Waals surface area contributed by atoms with Crippen LogP contribution in [-0.2, 0) is 16.1 Å². The van der Waals surface area contributed by atoms with Gasteiger partial charge >= 0.3 is 0 Å². The molecule has 0 aliphatic carbocycles. The molecule has 20 heavy (non-hydrogen) atoms. The summed E-state index contributed by atoms with van der Waals surface area (Å²) in [6, 6.07) is 5.93. The number of nitrogens with zero attached hydrogens (tertiary/aromatic N) is 1. The lowest BCUT2D eigenvalue weighted by molar-refractivity contribution is -0.126. The SMILES string of the molecule is CCC(C)NC(=O)COCc1cc(-c2cccs2)on1. The number of rotatable bonds is 7. The highest BCUT2D eigenvalue weighted by Crippen LogP contribution is 2.25. The highest BCUT2D eigenvalue weighted by atomic mass is 32.1. The Balaban J connectivity index is 1.76. The zero-order valence-corrected chi connectivity index (χ0v) is 12.4. The van der Waals surface area contributed by atoms with Gasteiger partial charge < -0.3 is 14.6 Å². The molecule has 0 aliphatic heterocycles. The molecule has 1 atom stereocenters. The predicted molar refractivity (Wildman–Crippen MR) is 77.4 cm³/mol. The van der Waals surface area contributed by atoms with Crippen LogP contribution in [-0.4, -0.2) is 23.7 Å². The van der Waals surface area contributed by atoms with E-state index in [-0.39, 0.29) is 25.2 Å². The van der Waals surface area contributed by atoms with E-state index in [0.29, 0.717) is 5.69 Å². The standard InChI is InChI=1S/C14H18N2O3S/c1-3-10(2)15-14(17)9-18-8-11-7-12(19-16-11)13-5-4-6-20-13/h4-7,10H,3,8-9H2,1-2H3,(H,15,17). The minimum Gasteiger partial charge on any atom is -0.365 e. The molecule has 1 amide bonds. The van der Waals surface area contributed by atoms with Crippen LogP contribution in [0.5, 0.6) is 0 Å². The number of carbonyl (C=O) groups is 1. The molecule has 108 valence electrons. The van der Waals surface area contributed by atoms with Gasteiger partial charge in [0.1, 0.15) is 12.3 Å². The second-order valence-electron chi connectivity index (χ2n) is 4.53.